The van der Waals surface area contributed by atoms with Crippen LogP contribution < -0.4 is 10.1 Å². The van der Waals surface area contributed by atoms with Crippen LogP contribution in [-0.4, -0.2) is 28.0 Å². The van der Waals surface area contributed by atoms with Gasteiger partial charge in [-0.1, -0.05) is 18.2 Å². The Kier molecular flexibility index (Phi) is 4.71. The largest absolute Gasteiger partial charge is 0.508 e. The number of nitrogens with one attached hydrogen (secondary N) is 1. The Balaban J connectivity index is 0.000000243. The lowest BCUT2D eigenvalue weighted by atomic mass is 9.77. The summed E-state index contributed by atoms with van der Waals surface area (Å²) in [5.41, 5.74) is 1.28. The van der Waals surface area contributed by atoms with Crippen molar-refractivity contribution in [1.29, 1.82) is 0 Å². The number of amides is 2. The van der Waals surface area contributed by atoms with Gasteiger partial charge >= 0.3 is 5.97 Å². The molecule has 3 aromatic rings. The molecule has 6 rings (SSSR count). The van der Waals surface area contributed by atoms with Gasteiger partial charge in [-0.05, 0) is 46.3 Å². The summed E-state index contributed by atoms with van der Waals surface area (Å²) in [4.78, 5) is 33.1. The normalized spacial score (nSPS) is 16.4. The molecule has 0 aliphatic carbocycles. The lowest BCUT2D eigenvalue weighted by molar-refractivity contribution is -0.123. The number of rotatable bonds is 0. The van der Waals surface area contributed by atoms with Gasteiger partial charge in [0, 0.05) is 34.9 Å². The van der Waals surface area contributed by atoms with Crippen LogP contribution in [0.3, 0.4) is 0 Å². The van der Waals surface area contributed by atoms with Crippen LogP contribution in [0.25, 0.3) is 0 Å². The summed E-state index contributed by atoms with van der Waals surface area (Å²) in [6.45, 7) is 0. The Morgan fingerprint density at radius 3 is 1.94 bits per heavy atom. The van der Waals surface area contributed by atoms with Gasteiger partial charge in [0.2, 0.25) is 0 Å². The van der Waals surface area contributed by atoms with Crippen molar-refractivity contribution in [3.05, 3.63) is 93.5 Å². The molecule has 0 aromatic heterocycles. The van der Waals surface area contributed by atoms with E-state index in [1.54, 1.807) is 24.3 Å². The van der Waals surface area contributed by atoms with Gasteiger partial charge in [-0.3, -0.25) is 14.9 Å². The number of imide groups is 1. The zero-order valence-corrected chi connectivity index (χ0v) is 18.3. The molecule has 9 heteroatoms. The highest BCUT2D eigenvalue weighted by Gasteiger charge is 2.53. The molecule has 3 heterocycles. The number of carbonyl (C=O) groups is 3. The summed E-state index contributed by atoms with van der Waals surface area (Å²) < 4.78 is 12.1. The molecule has 3 N–H and O–H groups in total. The number of aromatic hydroxyl groups is 2. The lowest BCUT2D eigenvalue weighted by Gasteiger charge is -2.36. The van der Waals surface area contributed by atoms with Crippen LogP contribution in [0.4, 0.5) is 0 Å². The molecular weight excluding hydrogens is 494 g/mol. The fourth-order valence-corrected chi connectivity index (χ4v) is 4.35. The van der Waals surface area contributed by atoms with E-state index in [4.69, 9.17) is 9.47 Å². The third-order valence-electron chi connectivity index (χ3n) is 5.39. The number of esters is 1. The van der Waals surface area contributed by atoms with Crippen LogP contribution in [0.2, 0.25) is 0 Å². The lowest BCUT2D eigenvalue weighted by Crippen LogP contribution is -2.32. The highest BCUT2D eigenvalue weighted by atomic mass is 79.9. The number of hydrogen-bond donors (Lipinski definition) is 3. The van der Waals surface area contributed by atoms with Crippen molar-refractivity contribution in [2.24, 2.45) is 0 Å². The van der Waals surface area contributed by atoms with Gasteiger partial charge in [-0.15, -0.1) is 0 Å². The predicted molar refractivity (Wildman–Crippen MR) is 118 cm³/mol. The smallest absolute Gasteiger partial charge is 0.340 e. The van der Waals surface area contributed by atoms with Crippen LogP contribution >= 0.6 is 15.9 Å². The van der Waals surface area contributed by atoms with Crippen LogP contribution in [0.5, 0.6) is 23.0 Å². The molecule has 0 saturated carbocycles. The number of benzene rings is 3. The van der Waals surface area contributed by atoms with Crippen LogP contribution in [-0.2, 0) is 19.9 Å². The number of halogens is 1. The molecule has 0 bridgehead atoms. The van der Waals surface area contributed by atoms with E-state index in [9.17, 15) is 24.6 Å². The highest BCUT2D eigenvalue weighted by molar-refractivity contribution is 9.12. The van der Waals surface area contributed by atoms with Crippen molar-refractivity contribution in [1.82, 2.24) is 5.32 Å². The molecule has 0 radical (unpaired) electrons. The van der Waals surface area contributed by atoms with Gasteiger partial charge in [-0.25, -0.2) is 4.79 Å². The minimum atomic E-state index is -1.17. The van der Waals surface area contributed by atoms with Crippen molar-refractivity contribution in [2.75, 3.05) is 0 Å². The summed E-state index contributed by atoms with van der Waals surface area (Å²) in [7, 11) is 0. The van der Waals surface area contributed by atoms with E-state index in [0.29, 0.717) is 38.2 Å². The van der Waals surface area contributed by atoms with E-state index in [-0.39, 0.29) is 23.3 Å². The van der Waals surface area contributed by atoms with Crippen molar-refractivity contribution >= 4 is 33.7 Å². The molecule has 2 amide bonds. The summed E-state index contributed by atoms with van der Waals surface area (Å²) in [6, 6.07) is 16.6. The van der Waals surface area contributed by atoms with E-state index in [2.05, 4.69) is 15.9 Å². The van der Waals surface area contributed by atoms with E-state index < -0.39 is 11.6 Å². The number of carbonyl (C=O) groups excluding carboxylic acids is 3. The summed E-state index contributed by atoms with van der Waals surface area (Å²) in [5.74, 6) is -0.317. The highest BCUT2D eigenvalue weighted by Crippen LogP contribution is 2.56. The summed E-state index contributed by atoms with van der Waals surface area (Å²) >= 11 is 2.87. The Hall–Kier alpha value is -4.11. The maximum atomic E-state index is 12.5. The first-order valence-corrected chi connectivity index (χ1v) is 10.5. The monoisotopic (exact) mass is 507 g/mol. The zero-order valence-electron chi connectivity index (χ0n) is 16.7. The maximum absolute atomic E-state index is 12.5. The molecule has 0 saturated heterocycles. The average molecular weight is 508 g/mol. The SMILES string of the molecule is O=C1C=C(Br)C(=O)N1.O=C1OC2(c3ccc(O)cc3Oc3cc(O)ccc32)c2ccccc21. The van der Waals surface area contributed by atoms with Gasteiger partial charge in [0.25, 0.3) is 11.8 Å². The third kappa shape index (κ3) is 3.25. The minimum Gasteiger partial charge on any atom is -0.508 e. The fraction of sp³-hybridized carbons (Fsp3) is 0.0417. The van der Waals surface area contributed by atoms with Crippen molar-refractivity contribution < 1.29 is 34.1 Å². The Morgan fingerprint density at radius 1 is 0.818 bits per heavy atom. The molecule has 3 aliphatic rings. The molecule has 3 aliphatic heterocycles. The quantitative estimate of drug-likeness (QED) is 0.314. The van der Waals surface area contributed by atoms with Gasteiger partial charge in [0.05, 0.1) is 10.0 Å². The number of hydrogen-bond acceptors (Lipinski definition) is 7. The predicted octanol–water partition coefficient (Wildman–Crippen LogP) is 3.59. The first-order chi connectivity index (χ1) is 15.8. The average Bonchev–Trinajstić information content (AvgIpc) is 3.23. The number of fused-ring (bicyclic) bond motifs is 6. The minimum absolute atomic E-state index is 0.0371. The van der Waals surface area contributed by atoms with Crippen molar-refractivity contribution in [3.63, 3.8) is 0 Å². The van der Waals surface area contributed by atoms with E-state index in [1.807, 2.05) is 17.4 Å². The Bertz CT molecular complexity index is 1340. The zero-order chi connectivity index (χ0) is 23.3. The second-order valence-corrected chi connectivity index (χ2v) is 8.24. The second kappa shape index (κ2) is 7.49. The van der Waals surface area contributed by atoms with Crippen LogP contribution in [0, 0.1) is 0 Å². The summed E-state index contributed by atoms with van der Waals surface area (Å²) in [5, 5.41) is 21.7. The Labute approximate surface area is 195 Å². The molecule has 33 heavy (non-hydrogen) atoms. The first-order valence-electron chi connectivity index (χ1n) is 9.70. The van der Waals surface area contributed by atoms with E-state index in [0.717, 1.165) is 0 Å². The molecule has 0 atom stereocenters. The second-order valence-electron chi connectivity index (χ2n) is 7.39. The van der Waals surface area contributed by atoms with Crippen molar-refractivity contribution in [3.8, 4) is 23.0 Å². The number of phenolic OH excluding ortho intramolecular Hbond substituents is 2. The molecule has 3 aromatic carbocycles. The maximum Gasteiger partial charge on any atom is 0.340 e. The molecule has 0 fully saturated rings. The molecule has 8 nitrogen and oxygen atoms in total. The topological polar surface area (TPSA) is 122 Å². The van der Waals surface area contributed by atoms with E-state index in [1.165, 1.54) is 30.3 Å². The fourth-order valence-electron chi connectivity index (χ4n) is 4.04. The van der Waals surface area contributed by atoms with Gasteiger partial charge in [0.1, 0.15) is 23.0 Å². The third-order valence-corrected chi connectivity index (χ3v) is 5.98. The Morgan fingerprint density at radius 2 is 1.42 bits per heavy atom. The first kappa shape index (κ1) is 20.8. The van der Waals surface area contributed by atoms with Crippen molar-refractivity contribution in [2.45, 2.75) is 5.60 Å². The molecule has 1 spiro atoms. The number of phenols is 2. The van der Waals surface area contributed by atoms with Gasteiger partial charge in [0.15, 0.2) is 5.60 Å². The van der Waals surface area contributed by atoms with Gasteiger partial charge < -0.3 is 19.7 Å². The standard InChI is InChI=1S/C20H12O5.C4H2BrNO2/c21-11-5-7-15-17(9-11)24-18-10-12(22)6-8-16(18)20(15)14-4-2-1-3-13(14)19(23)25-20;5-2-1-3(7)6-4(2)8/h1-10,21-22H;1H,(H,6,7,8). The summed E-state index contributed by atoms with van der Waals surface area (Å²) in [6.07, 6.45) is 1.20. The van der Waals surface area contributed by atoms with Crippen LogP contribution in [0.1, 0.15) is 27.0 Å². The number of ether oxygens (including phenoxy) is 2. The molecule has 0 unspecified atom stereocenters. The molecule has 164 valence electrons. The van der Waals surface area contributed by atoms with Gasteiger partial charge in [-0.2, -0.15) is 0 Å². The molecular formula is C24H14BrNO7. The van der Waals surface area contributed by atoms with E-state index >= 15 is 0 Å². The van der Waals surface area contributed by atoms with Crippen LogP contribution in [0.15, 0.2) is 71.2 Å².